The van der Waals surface area contributed by atoms with Gasteiger partial charge in [-0.05, 0) is 25.8 Å². The van der Waals surface area contributed by atoms with Gasteiger partial charge in [0, 0.05) is 18.9 Å². The summed E-state index contributed by atoms with van der Waals surface area (Å²) in [6.07, 6.45) is 14.1. The van der Waals surface area contributed by atoms with Crippen molar-refractivity contribution in [2.24, 2.45) is 10.7 Å². The number of isocyanates is 1. The maximum atomic E-state index is 9.78. The Kier molecular flexibility index (Phi) is 7.77. The SMILES string of the molecule is NCCCn1ccnc1.O=C=NC1CCCCC1. The van der Waals surface area contributed by atoms with Crippen molar-refractivity contribution in [3.8, 4) is 0 Å². The Hall–Kier alpha value is -1.45. The maximum absolute atomic E-state index is 9.78. The Balaban J connectivity index is 0.000000180. The molecule has 0 amide bonds. The van der Waals surface area contributed by atoms with Gasteiger partial charge in [0.2, 0.25) is 6.08 Å². The number of nitrogens with two attached hydrogens (primary N) is 1. The van der Waals surface area contributed by atoms with E-state index in [1.165, 1.54) is 19.3 Å². The molecule has 1 aromatic heterocycles. The minimum atomic E-state index is 0.302. The van der Waals surface area contributed by atoms with Crippen LogP contribution in [0.5, 0.6) is 0 Å². The second kappa shape index (κ2) is 9.57. The van der Waals surface area contributed by atoms with Crippen molar-refractivity contribution in [3.63, 3.8) is 0 Å². The van der Waals surface area contributed by atoms with Crippen LogP contribution < -0.4 is 5.73 Å². The van der Waals surface area contributed by atoms with Crippen LogP contribution >= 0.6 is 0 Å². The van der Waals surface area contributed by atoms with Crippen LogP contribution in [-0.2, 0) is 11.3 Å². The number of carbonyl (C=O) groups excluding carboxylic acids is 1. The van der Waals surface area contributed by atoms with Crippen molar-refractivity contribution in [2.45, 2.75) is 51.1 Å². The van der Waals surface area contributed by atoms with Gasteiger partial charge in [0.05, 0.1) is 12.4 Å². The quantitative estimate of drug-likeness (QED) is 0.655. The van der Waals surface area contributed by atoms with Crippen LogP contribution in [0.3, 0.4) is 0 Å². The molecule has 1 aliphatic rings. The van der Waals surface area contributed by atoms with E-state index >= 15 is 0 Å². The predicted octanol–water partition coefficient (Wildman–Crippen LogP) is 1.89. The molecule has 0 unspecified atom stereocenters. The van der Waals surface area contributed by atoms with Gasteiger partial charge in [-0.25, -0.2) is 14.8 Å². The molecular formula is C13H22N4O. The van der Waals surface area contributed by atoms with Gasteiger partial charge in [0.1, 0.15) is 0 Å². The van der Waals surface area contributed by atoms with Crippen LogP contribution in [0.15, 0.2) is 23.7 Å². The fraction of sp³-hybridized carbons (Fsp3) is 0.692. The number of aryl methyl sites for hydroxylation is 1. The van der Waals surface area contributed by atoms with Crippen molar-refractivity contribution in [1.82, 2.24) is 9.55 Å². The summed E-state index contributed by atoms with van der Waals surface area (Å²) in [7, 11) is 0. The van der Waals surface area contributed by atoms with Gasteiger partial charge in [-0.2, -0.15) is 0 Å². The van der Waals surface area contributed by atoms with E-state index in [-0.39, 0.29) is 0 Å². The second-order valence-corrected chi connectivity index (χ2v) is 4.45. The minimum Gasteiger partial charge on any atom is -0.337 e. The van der Waals surface area contributed by atoms with Gasteiger partial charge in [-0.3, -0.25) is 0 Å². The lowest BCUT2D eigenvalue weighted by molar-refractivity contribution is 0.439. The highest BCUT2D eigenvalue weighted by molar-refractivity contribution is 5.33. The fourth-order valence-electron chi connectivity index (χ4n) is 1.98. The largest absolute Gasteiger partial charge is 0.337 e. The highest BCUT2D eigenvalue weighted by Gasteiger charge is 2.10. The van der Waals surface area contributed by atoms with E-state index in [0.29, 0.717) is 6.04 Å². The van der Waals surface area contributed by atoms with Crippen LogP contribution in [-0.4, -0.2) is 28.2 Å². The predicted molar refractivity (Wildman–Crippen MR) is 70.9 cm³/mol. The fourth-order valence-corrected chi connectivity index (χ4v) is 1.98. The average Bonchev–Trinajstić information content (AvgIpc) is 2.92. The molecule has 0 spiro atoms. The van der Waals surface area contributed by atoms with Crippen LogP contribution in [0.2, 0.25) is 0 Å². The molecule has 0 aliphatic heterocycles. The number of aromatic nitrogens is 2. The normalized spacial score (nSPS) is 15.4. The molecule has 5 heteroatoms. The molecule has 2 N–H and O–H groups in total. The van der Waals surface area contributed by atoms with Crippen molar-refractivity contribution in [2.75, 3.05) is 6.54 Å². The first kappa shape index (κ1) is 14.6. The van der Waals surface area contributed by atoms with E-state index in [1.807, 2.05) is 10.8 Å². The molecule has 5 nitrogen and oxygen atoms in total. The standard InChI is InChI=1S/C7H11NO.C6H11N3/c9-6-8-7-4-2-1-3-5-7;7-2-1-4-9-5-3-8-6-9/h7H,1-5H2;3,5-6H,1-2,4,7H2. The molecule has 1 fully saturated rings. The van der Waals surface area contributed by atoms with Crippen LogP contribution in [0.25, 0.3) is 0 Å². The van der Waals surface area contributed by atoms with Crippen molar-refractivity contribution >= 4 is 6.08 Å². The summed E-state index contributed by atoms with van der Waals surface area (Å²) >= 11 is 0. The van der Waals surface area contributed by atoms with Gasteiger partial charge in [0.15, 0.2) is 0 Å². The first-order valence-electron chi connectivity index (χ1n) is 6.59. The van der Waals surface area contributed by atoms with E-state index in [4.69, 9.17) is 5.73 Å². The number of imidazole rings is 1. The van der Waals surface area contributed by atoms with E-state index in [0.717, 1.165) is 32.4 Å². The Morgan fingerprint density at radius 2 is 2.17 bits per heavy atom. The third-order valence-corrected chi connectivity index (χ3v) is 2.99. The maximum Gasteiger partial charge on any atom is 0.235 e. The molecule has 0 aromatic carbocycles. The minimum absolute atomic E-state index is 0.302. The highest BCUT2D eigenvalue weighted by atomic mass is 16.1. The third kappa shape index (κ3) is 6.33. The highest BCUT2D eigenvalue weighted by Crippen LogP contribution is 2.19. The lowest BCUT2D eigenvalue weighted by Crippen LogP contribution is -2.08. The van der Waals surface area contributed by atoms with E-state index in [2.05, 4.69) is 9.98 Å². The summed E-state index contributed by atoms with van der Waals surface area (Å²) in [5.74, 6) is 0. The summed E-state index contributed by atoms with van der Waals surface area (Å²) in [4.78, 5) is 17.4. The van der Waals surface area contributed by atoms with Gasteiger partial charge in [-0.1, -0.05) is 19.3 Å². The van der Waals surface area contributed by atoms with Crippen molar-refractivity contribution < 1.29 is 4.79 Å². The summed E-state index contributed by atoms with van der Waals surface area (Å²) in [6, 6.07) is 0.302. The monoisotopic (exact) mass is 250 g/mol. The second-order valence-electron chi connectivity index (χ2n) is 4.45. The molecule has 0 radical (unpaired) electrons. The lowest BCUT2D eigenvalue weighted by Gasteiger charge is -2.14. The average molecular weight is 250 g/mol. The van der Waals surface area contributed by atoms with Crippen LogP contribution in [0, 0.1) is 0 Å². The zero-order valence-corrected chi connectivity index (χ0v) is 10.8. The number of aliphatic imine (C=N–C) groups is 1. The molecule has 1 saturated carbocycles. The Labute approximate surface area is 108 Å². The summed E-state index contributed by atoms with van der Waals surface area (Å²) in [5, 5.41) is 0. The first-order chi connectivity index (χ1) is 8.86. The molecular weight excluding hydrogens is 228 g/mol. The first-order valence-corrected chi connectivity index (χ1v) is 6.59. The Morgan fingerprint density at radius 3 is 2.72 bits per heavy atom. The Morgan fingerprint density at radius 1 is 1.39 bits per heavy atom. The summed E-state index contributed by atoms with van der Waals surface area (Å²) < 4.78 is 2.02. The topological polar surface area (TPSA) is 73.3 Å². The van der Waals surface area contributed by atoms with Gasteiger partial charge >= 0.3 is 0 Å². The number of hydrogen-bond acceptors (Lipinski definition) is 4. The van der Waals surface area contributed by atoms with Crippen molar-refractivity contribution in [1.29, 1.82) is 0 Å². The van der Waals surface area contributed by atoms with E-state index < -0.39 is 0 Å². The van der Waals surface area contributed by atoms with Crippen LogP contribution in [0.1, 0.15) is 38.5 Å². The molecule has 2 rings (SSSR count). The van der Waals surface area contributed by atoms with Gasteiger partial charge in [0.25, 0.3) is 0 Å². The summed E-state index contributed by atoms with van der Waals surface area (Å²) in [5.41, 5.74) is 5.31. The van der Waals surface area contributed by atoms with Crippen LogP contribution in [0.4, 0.5) is 0 Å². The molecule has 1 heterocycles. The zero-order valence-electron chi connectivity index (χ0n) is 10.8. The van der Waals surface area contributed by atoms with Crippen molar-refractivity contribution in [3.05, 3.63) is 18.7 Å². The molecule has 100 valence electrons. The van der Waals surface area contributed by atoms with E-state index in [9.17, 15) is 4.79 Å². The smallest absolute Gasteiger partial charge is 0.235 e. The molecule has 1 aliphatic carbocycles. The molecule has 0 atom stereocenters. The van der Waals surface area contributed by atoms with Gasteiger partial charge < -0.3 is 10.3 Å². The van der Waals surface area contributed by atoms with Gasteiger partial charge in [-0.15, -0.1) is 0 Å². The number of rotatable bonds is 4. The lowest BCUT2D eigenvalue weighted by atomic mass is 9.96. The molecule has 0 saturated heterocycles. The molecule has 1 aromatic rings. The number of nitrogens with zero attached hydrogens (tertiary/aromatic N) is 3. The number of hydrogen-bond donors (Lipinski definition) is 1. The third-order valence-electron chi connectivity index (χ3n) is 2.99. The van der Waals surface area contributed by atoms with E-state index in [1.54, 1.807) is 18.6 Å². The Bertz CT molecular complexity index is 338. The molecule has 18 heavy (non-hydrogen) atoms. The zero-order chi connectivity index (χ0) is 13.1. The molecule has 0 bridgehead atoms. The summed E-state index contributed by atoms with van der Waals surface area (Å²) in [6.45, 7) is 1.73.